The Morgan fingerprint density at radius 2 is 2.21 bits per heavy atom. The molecule has 5 nitrogen and oxygen atoms in total. The van der Waals surface area contributed by atoms with E-state index in [4.69, 9.17) is 9.84 Å². The summed E-state index contributed by atoms with van der Waals surface area (Å²) in [5.41, 5.74) is 2.20. The van der Waals surface area contributed by atoms with E-state index in [2.05, 4.69) is 10.6 Å². The minimum Gasteiger partial charge on any atom is -0.494 e. The fraction of sp³-hybridized carbons (Fsp3) is 0.500. The molecule has 1 aromatic carbocycles. The van der Waals surface area contributed by atoms with Crippen LogP contribution in [0.5, 0.6) is 5.75 Å². The van der Waals surface area contributed by atoms with E-state index in [0.717, 1.165) is 16.9 Å². The van der Waals surface area contributed by atoms with Gasteiger partial charge in [-0.3, -0.25) is 4.79 Å². The lowest BCUT2D eigenvalue weighted by atomic mass is 10.1. The zero-order valence-electron chi connectivity index (χ0n) is 11.7. The number of likely N-dealkylation sites (N-methyl/N-ethyl adjacent to an activating group) is 1. The number of hydrogen-bond acceptors (Lipinski definition) is 4. The molecule has 5 heteroatoms. The summed E-state index contributed by atoms with van der Waals surface area (Å²) in [5.74, 6) is 0.0442. The fourth-order valence-corrected chi connectivity index (χ4v) is 1.81. The molecule has 0 aliphatic heterocycles. The first-order chi connectivity index (χ1) is 9.08. The summed E-state index contributed by atoms with van der Waals surface area (Å²) in [4.78, 5) is 10.8. The Morgan fingerprint density at radius 3 is 2.74 bits per heavy atom. The molecule has 1 unspecified atom stereocenters. The van der Waals surface area contributed by atoms with Gasteiger partial charge in [0.25, 0.3) is 0 Å². The van der Waals surface area contributed by atoms with Gasteiger partial charge in [0.15, 0.2) is 0 Å². The third kappa shape index (κ3) is 4.89. The largest absolute Gasteiger partial charge is 0.494 e. The van der Waals surface area contributed by atoms with Crippen molar-refractivity contribution in [3.05, 3.63) is 29.3 Å². The van der Waals surface area contributed by atoms with Crippen molar-refractivity contribution in [2.75, 3.05) is 20.2 Å². The Labute approximate surface area is 114 Å². The molecule has 19 heavy (non-hydrogen) atoms. The van der Waals surface area contributed by atoms with E-state index in [1.54, 1.807) is 7.05 Å². The number of carbonyl (C=O) groups is 1. The predicted octanol–water partition coefficient (Wildman–Crippen LogP) is 1.16. The van der Waals surface area contributed by atoms with Crippen molar-refractivity contribution in [2.45, 2.75) is 26.4 Å². The van der Waals surface area contributed by atoms with Gasteiger partial charge in [0.05, 0.1) is 6.61 Å². The summed E-state index contributed by atoms with van der Waals surface area (Å²) in [6, 6.07) is 5.42. The number of aliphatic carboxylic acids is 1. The molecule has 0 radical (unpaired) electrons. The second-order valence-corrected chi connectivity index (χ2v) is 4.34. The summed E-state index contributed by atoms with van der Waals surface area (Å²) in [6.07, 6.45) is 0. The normalized spacial score (nSPS) is 12.2. The number of ether oxygens (including phenoxy) is 1. The molecule has 3 N–H and O–H groups in total. The van der Waals surface area contributed by atoms with Crippen LogP contribution in [0, 0.1) is 6.92 Å². The van der Waals surface area contributed by atoms with Gasteiger partial charge in [0.1, 0.15) is 11.8 Å². The van der Waals surface area contributed by atoms with Crippen LogP contribution < -0.4 is 15.4 Å². The van der Waals surface area contributed by atoms with Crippen molar-refractivity contribution in [1.29, 1.82) is 0 Å². The molecule has 0 fully saturated rings. The van der Waals surface area contributed by atoms with Gasteiger partial charge >= 0.3 is 5.97 Å². The van der Waals surface area contributed by atoms with E-state index in [-0.39, 0.29) is 0 Å². The van der Waals surface area contributed by atoms with Gasteiger partial charge in [-0.05, 0) is 38.1 Å². The number of hydrogen-bond donors (Lipinski definition) is 3. The smallest absolute Gasteiger partial charge is 0.322 e. The number of rotatable bonds is 8. The summed E-state index contributed by atoms with van der Waals surface area (Å²) in [7, 11) is 1.64. The SMILES string of the molecule is CCOc1ccc(CNCC(NC)C(=O)O)cc1C. The summed E-state index contributed by atoms with van der Waals surface area (Å²) < 4.78 is 5.48. The molecule has 0 aliphatic carbocycles. The van der Waals surface area contributed by atoms with Crippen LogP contribution in [0.15, 0.2) is 18.2 Å². The molecule has 0 amide bonds. The molecule has 0 aliphatic rings. The summed E-state index contributed by atoms with van der Waals surface area (Å²) in [6.45, 7) is 5.64. The Balaban J connectivity index is 2.50. The summed E-state index contributed by atoms with van der Waals surface area (Å²) >= 11 is 0. The van der Waals surface area contributed by atoms with Gasteiger partial charge in [-0.1, -0.05) is 12.1 Å². The van der Waals surface area contributed by atoms with Crippen molar-refractivity contribution < 1.29 is 14.6 Å². The van der Waals surface area contributed by atoms with Crippen molar-refractivity contribution in [3.8, 4) is 5.75 Å². The van der Waals surface area contributed by atoms with Crippen LogP contribution in [-0.2, 0) is 11.3 Å². The first kappa shape index (κ1) is 15.5. The van der Waals surface area contributed by atoms with E-state index in [9.17, 15) is 4.79 Å². The average molecular weight is 266 g/mol. The monoisotopic (exact) mass is 266 g/mol. The van der Waals surface area contributed by atoms with Crippen LogP contribution in [0.2, 0.25) is 0 Å². The van der Waals surface area contributed by atoms with Crippen molar-refractivity contribution in [2.24, 2.45) is 0 Å². The van der Waals surface area contributed by atoms with Gasteiger partial charge in [-0.25, -0.2) is 0 Å². The number of carboxylic acids is 1. The lowest BCUT2D eigenvalue weighted by Crippen LogP contribution is -2.42. The van der Waals surface area contributed by atoms with Gasteiger partial charge in [-0.15, -0.1) is 0 Å². The predicted molar refractivity (Wildman–Crippen MR) is 74.5 cm³/mol. The van der Waals surface area contributed by atoms with Crippen LogP contribution in [0.4, 0.5) is 0 Å². The summed E-state index contributed by atoms with van der Waals surface area (Å²) in [5, 5.41) is 14.8. The second-order valence-electron chi connectivity index (χ2n) is 4.34. The highest BCUT2D eigenvalue weighted by atomic mass is 16.5. The quantitative estimate of drug-likeness (QED) is 0.658. The number of nitrogens with one attached hydrogen (secondary N) is 2. The first-order valence-corrected chi connectivity index (χ1v) is 6.41. The highest BCUT2D eigenvalue weighted by Crippen LogP contribution is 2.18. The number of aryl methyl sites for hydroxylation is 1. The van der Waals surface area contributed by atoms with Crippen LogP contribution >= 0.6 is 0 Å². The molecule has 1 atom stereocenters. The highest BCUT2D eigenvalue weighted by Gasteiger charge is 2.13. The molecule has 0 bridgehead atoms. The maximum Gasteiger partial charge on any atom is 0.322 e. The van der Waals surface area contributed by atoms with Gasteiger partial charge < -0.3 is 20.5 Å². The minimum atomic E-state index is -0.849. The maximum atomic E-state index is 10.8. The topological polar surface area (TPSA) is 70.6 Å². The van der Waals surface area contributed by atoms with E-state index in [1.165, 1.54) is 0 Å². The second kappa shape index (κ2) is 7.76. The minimum absolute atomic E-state index is 0.387. The Kier molecular flexibility index (Phi) is 6.32. The van der Waals surface area contributed by atoms with E-state index >= 15 is 0 Å². The third-order valence-electron chi connectivity index (χ3n) is 2.86. The molecule has 1 rings (SSSR count). The Bertz CT molecular complexity index is 421. The Hall–Kier alpha value is -1.59. The molecule has 0 heterocycles. The lowest BCUT2D eigenvalue weighted by molar-refractivity contribution is -0.139. The molecule has 106 valence electrons. The van der Waals surface area contributed by atoms with Crippen molar-refractivity contribution >= 4 is 5.97 Å². The van der Waals surface area contributed by atoms with Gasteiger partial charge in [0.2, 0.25) is 0 Å². The Morgan fingerprint density at radius 1 is 1.47 bits per heavy atom. The van der Waals surface area contributed by atoms with Crippen molar-refractivity contribution in [1.82, 2.24) is 10.6 Å². The average Bonchev–Trinajstić information content (AvgIpc) is 2.37. The zero-order chi connectivity index (χ0) is 14.3. The van der Waals surface area contributed by atoms with Crippen LogP contribution in [0.3, 0.4) is 0 Å². The van der Waals surface area contributed by atoms with E-state index < -0.39 is 12.0 Å². The zero-order valence-corrected chi connectivity index (χ0v) is 11.7. The van der Waals surface area contributed by atoms with E-state index in [1.807, 2.05) is 32.0 Å². The van der Waals surface area contributed by atoms with Crippen LogP contribution in [0.1, 0.15) is 18.1 Å². The molecule has 0 spiro atoms. The molecule has 0 aromatic heterocycles. The number of carboxylic acid groups (broad SMARTS) is 1. The molecule has 0 saturated heterocycles. The standard InChI is InChI=1S/C14H22N2O3/c1-4-19-13-6-5-11(7-10(13)2)8-16-9-12(15-3)14(17)18/h5-7,12,15-16H,4,8-9H2,1-3H3,(H,17,18). The lowest BCUT2D eigenvalue weighted by Gasteiger charge is -2.13. The third-order valence-corrected chi connectivity index (χ3v) is 2.86. The molecular formula is C14H22N2O3. The number of benzene rings is 1. The van der Waals surface area contributed by atoms with Gasteiger partial charge in [-0.2, -0.15) is 0 Å². The fourth-order valence-electron chi connectivity index (χ4n) is 1.81. The van der Waals surface area contributed by atoms with Crippen LogP contribution in [0.25, 0.3) is 0 Å². The molecule has 0 saturated carbocycles. The first-order valence-electron chi connectivity index (χ1n) is 6.41. The molecular weight excluding hydrogens is 244 g/mol. The maximum absolute atomic E-state index is 10.8. The van der Waals surface area contributed by atoms with E-state index in [0.29, 0.717) is 19.7 Å². The van der Waals surface area contributed by atoms with Crippen LogP contribution in [-0.4, -0.2) is 37.3 Å². The highest BCUT2D eigenvalue weighted by molar-refractivity contribution is 5.73. The van der Waals surface area contributed by atoms with Gasteiger partial charge in [0, 0.05) is 13.1 Å². The molecule has 1 aromatic rings. The van der Waals surface area contributed by atoms with Crippen molar-refractivity contribution in [3.63, 3.8) is 0 Å².